The molecule has 1 aromatic heterocycles. The Bertz CT molecular complexity index is 669. The molecule has 0 saturated carbocycles. The summed E-state index contributed by atoms with van der Waals surface area (Å²) in [6.45, 7) is 2.20. The lowest BCUT2D eigenvalue weighted by atomic mass is 10.0. The second-order valence-electron chi connectivity index (χ2n) is 5.96. The third-order valence-corrected chi connectivity index (χ3v) is 4.43. The van der Waals surface area contributed by atoms with Crippen LogP contribution in [0.25, 0.3) is 10.9 Å². The molecule has 0 unspecified atom stereocenters. The van der Waals surface area contributed by atoms with E-state index in [1.807, 2.05) is 0 Å². The van der Waals surface area contributed by atoms with Crippen molar-refractivity contribution in [2.24, 2.45) is 0 Å². The van der Waals surface area contributed by atoms with Crippen LogP contribution < -0.4 is 5.43 Å². The highest BCUT2D eigenvalue weighted by atomic mass is 16.1. The van der Waals surface area contributed by atoms with E-state index in [2.05, 4.69) is 30.1 Å². The van der Waals surface area contributed by atoms with Gasteiger partial charge in [-0.15, -0.1) is 0 Å². The van der Waals surface area contributed by atoms with Crippen molar-refractivity contribution in [1.82, 2.24) is 4.98 Å². The normalized spacial score (nSPS) is 15.1. The van der Waals surface area contributed by atoms with Gasteiger partial charge in [-0.1, -0.05) is 25.8 Å². The Kier molecular flexibility index (Phi) is 3.90. The fourth-order valence-electron chi connectivity index (χ4n) is 3.22. The number of aromatic nitrogens is 1. The fraction of sp³-hybridized carbons (Fsp3) is 0.500. The van der Waals surface area contributed by atoms with Crippen LogP contribution in [0.2, 0.25) is 0 Å². The predicted octanol–water partition coefficient (Wildman–Crippen LogP) is 4.14. The summed E-state index contributed by atoms with van der Waals surface area (Å²) in [6, 6.07) is 6.36. The number of fused-ring (bicyclic) bond motifs is 2. The van der Waals surface area contributed by atoms with Gasteiger partial charge in [0.25, 0.3) is 0 Å². The molecular weight excluding hydrogens is 246 g/mol. The summed E-state index contributed by atoms with van der Waals surface area (Å²) < 4.78 is 0. The Morgan fingerprint density at radius 1 is 1.15 bits per heavy atom. The Balaban J connectivity index is 2.10. The van der Waals surface area contributed by atoms with Gasteiger partial charge in [0.05, 0.1) is 0 Å². The molecule has 0 saturated heterocycles. The minimum absolute atomic E-state index is 0.272. The van der Waals surface area contributed by atoms with E-state index in [4.69, 9.17) is 0 Å². The molecular formula is C18H23NO. The van der Waals surface area contributed by atoms with Gasteiger partial charge in [-0.3, -0.25) is 4.79 Å². The van der Waals surface area contributed by atoms with E-state index in [-0.39, 0.29) is 5.43 Å². The molecule has 3 rings (SSSR count). The van der Waals surface area contributed by atoms with Crippen molar-refractivity contribution in [2.75, 3.05) is 0 Å². The van der Waals surface area contributed by atoms with Crippen LogP contribution in [0.5, 0.6) is 0 Å². The van der Waals surface area contributed by atoms with Crippen LogP contribution in [-0.2, 0) is 19.3 Å². The summed E-state index contributed by atoms with van der Waals surface area (Å²) in [6.07, 6.45) is 9.01. The number of unbranched alkanes of at least 4 members (excludes halogenated alkanes) is 1. The SMILES string of the molecule is CCCCc1ccc2[nH]c3c(c(=O)c2c1)CCCCC3. The average molecular weight is 269 g/mol. The maximum absolute atomic E-state index is 12.7. The first-order valence-electron chi connectivity index (χ1n) is 7.96. The molecule has 0 aliphatic heterocycles. The number of rotatable bonds is 3. The van der Waals surface area contributed by atoms with Crippen molar-refractivity contribution < 1.29 is 0 Å². The summed E-state index contributed by atoms with van der Waals surface area (Å²) in [5, 5.41) is 0.888. The van der Waals surface area contributed by atoms with Crippen molar-refractivity contribution in [3.05, 3.63) is 45.2 Å². The van der Waals surface area contributed by atoms with E-state index in [0.717, 1.165) is 42.1 Å². The van der Waals surface area contributed by atoms with Crippen LogP contribution in [0.15, 0.2) is 23.0 Å². The summed E-state index contributed by atoms with van der Waals surface area (Å²) >= 11 is 0. The molecule has 106 valence electrons. The van der Waals surface area contributed by atoms with E-state index in [9.17, 15) is 4.79 Å². The van der Waals surface area contributed by atoms with Crippen LogP contribution in [-0.4, -0.2) is 4.98 Å². The van der Waals surface area contributed by atoms with Crippen molar-refractivity contribution in [1.29, 1.82) is 0 Å². The van der Waals surface area contributed by atoms with Crippen LogP contribution in [0.4, 0.5) is 0 Å². The molecule has 0 radical (unpaired) electrons. The third kappa shape index (κ3) is 2.52. The minimum Gasteiger partial charge on any atom is -0.358 e. The Labute approximate surface area is 120 Å². The van der Waals surface area contributed by atoms with Crippen molar-refractivity contribution in [3.8, 4) is 0 Å². The second-order valence-corrected chi connectivity index (χ2v) is 5.96. The van der Waals surface area contributed by atoms with E-state index in [1.54, 1.807) is 0 Å². The number of aromatic amines is 1. The van der Waals surface area contributed by atoms with E-state index < -0.39 is 0 Å². The lowest BCUT2D eigenvalue weighted by molar-refractivity contribution is 0.708. The number of aryl methyl sites for hydroxylation is 2. The van der Waals surface area contributed by atoms with Crippen LogP contribution in [0, 0.1) is 0 Å². The van der Waals surface area contributed by atoms with Gasteiger partial charge in [0.2, 0.25) is 0 Å². The van der Waals surface area contributed by atoms with Gasteiger partial charge in [0.1, 0.15) is 0 Å². The summed E-state index contributed by atoms with van der Waals surface area (Å²) in [7, 11) is 0. The first kappa shape index (κ1) is 13.4. The van der Waals surface area contributed by atoms with Crippen molar-refractivity contribution in [2.45, 2.75) is 58.3 Å². The molecule has 1 aliphatic rings. The molecule has 1 N–H and O–H groups in total. The summed E-state index contributed by atoms with van der Waals surface area (Å²) in [4.78, 5) is 16.2. The molecule has 0 bridgehead atoms. The first-order valence-corrected chi connectivity index (χ1v) is 7.96. The number of hydrogen-bond acceptors (Lipinski definition) is 1. The molecule has 0 amide bonds. The number of pyridine rings is 1. The quantitative estimate of drug-likeness (QED) is 0.835. The monoisotopic (exact) mass is 269 g/mol. The molecule has 20 heavy (non-hydrogen) atoms. The van der Waals surface area contributed by atoms with Crippen molar-refractivity contribution in [3.63, 3.8) is 0 Å². The largest absolute Gasteiger partial charge is 0.358 e. The highest BCUT2D eigenvalue weighted by Gasteiger charge is 2.14. The highest BCUT2D eigenvalue weighted by molar-refractivity contribution is 5.80. The highest BCUT2D eigenvalue weighted by Crippen LogP contribution is 2.20. The van der Waals surface area contributed by atoms with Crippen molar-refractivity contribution >= 4 is 10.9 Å². The summed E-state index contributed by atoms with van der Waals surface area (Å²) in [5.74, 6) is 0. The molecule has 0 spiro atoms. The maximum atomic E-state index is 12.7. The Morgan fingerprint density at radius 2 is 2.00 bits per heavy atom. The average Bonchev–Trinajstić information content (AvgIpc) is 2.71. The predicted molar refractivity (Wildman–Crippen MR) is 84.4 cm³/mol. The van der Waals surface area contributed by atoms with Crippen LogP contribution >= 0.6 is 0 Å². The number of hydrogen-bond donors (Lipinski definition) is 1. The second kappa shape index (κ2) is 5.82. The van der Waals surface area contributed by atoms with Crippen LogP contribution in [0.1, 0.15) is 55.8 Å². The van der Waals surface area contributed by atoms with Gasteiger partial charge in [-0.2, -0.15) is 0 Å². The molecule has 2 nitrogen and oxygen atoms in total. The van der Waals surface area contributed by atoms with E-state index in [1.165, 1.54) is 36.9 Å². The molecule has 0 atom stereocenters. The number of nitrogens with one attached hydrogen (secondary N) is 1. The van der Waals surface area contributed by atoms with Gasteiger partial charge in [-0.05, 0) is 56.2 Å². The topological polar surface area (TPSA) is 32.9 Å². The standard InChI is InChI=1S/C18H23NO/c1-2-3-7-13-10-11-17-15(12-13)18(20)14-8-5-4-6-9-16(14)19-17/h10-12H,2-9H2,1H3,(H,19,20). The zero-order chi connectivity index (χ0) is 13.9. The number of H-pyrrole nitrogens is 1. The lowest BCUT2D eigenvalue weighted by Gasteiger charge is -2.09. The molecule has 2 heteroatoms. The zero-order valence-corrected chi connectivity index (χ0v) is 12.3. The van der Waals surface area contributed by atoms with Gasteiger partial charge >= 0.3 is 0 Å². The van der Waals surface area contributed by atoms with Gasteiger partial charge in [-0.25, -0.2) is 0 Å². The molecule has 1 aromatic carbocycles. The lowest BCUT2D eigenvalue weighted by Crippen LogP contribution is -2.14. The Morgan fingerprint density at radius 3 is 2.85 bits per heavy atom. The fourth-order valence-corrected chi connectivity index (χ4v) is 3.22. The Hall–Kier alpha value is -1.57. The zero-order valence-electron chi connectivity index (χ0n) is 12.3. The summed E-state index contributed by atoms with van der Waals surface area (Å²) in [5.41, 5.74) is 4.80. The number of benzene rings is 1. The first-order chi connectivity index (χ1) is 9.79. The van der Waals surface area contributed by atoms with Crippen LogP contribution in [0.3, 0.4) is 0 Å². The molecule has 1 heterocycles. The van der Waals surface area contributed by atoms with E-state index >= 15 is 0 Å². The van der Waals surface area contributed by atoms with E-state index in [0.29, 0.717) is 0 Å². The van der Waals surface area contributed by atoms with Gasteiger partial charge < -0.3 is 4.98 Å². The maximum Gasteiger partial charge on any atom is 0.192 e. The van der Waals surface area contributed by atoms with Gasteiger partial charge in [0.15, 0.2) is 5.43 Å². The molecule has 2 aromatic rings. The third-order valence-electron chi connectivity index (χ3n) is 4.43. The van der Waals surface area contributed by atoms with Gasteiger partial charge in [0, 0.05) is 22.2 Å². The molecule has 1 aliphatic carbocycles. The molecule has 0 fully saturated rings. The minimum atomic E-state index is 0.272. The smallest absolute Gasteiger partial charge is 0.192 e.